The summed E-state index contributed by atoms with van der Waals surface area (Å²) in [5, 5.41) is 1.32. The number of ether oxygens (including phenoxy) is 1. The molecule has 4 heterocycles. The van der Waals surface area contributed by atoms with Crippen molar-refractivity contribution in [2.75, 3.05) is 20.2 Å². The molecule has 0 unspecified atom stereocenters. The number of aryl methyl sites for hydroxylation is 1. The predicted octanol–water partition coefficient (Wildman–Crippen LogP) is 3.62. The summed E-state index contributed by atoms with van der Waals surface area (Å²) in [4.78, 5) is 15.5. The average molecular weight is 336 g/mol. The third-order valence-electron chi connectivity index (χ3n) is 6.50. The van der Waals surface area contributed by atoms with Crippen molar-refractivity contribution in [1.29, 1.82) is 0 Å². The van der Waals surface area contributed by atoms with Crippen LogP contribution in [-0.4, -0.2) is 35.6 Å². The summed E-state index contributed by atoms with van der Waals surface area (Å²) in [5.41, 5.74) is 5.41. The number of allylic oxidation sites excluding steroid dienone is 1. The molecule has 1 saturated heterocycles. The van der Waals surface area contributed by atoms with E-state index in [0.717, 1.165) is 25.9 Å². The van der Waals surface area contributed by atoms with Crippen molar-refractivity contribution in [1.82, 2.24) is 9.47 Å². The molecule has 3 aliphatic rings. The number of para-hydroxylation sites is 1. The number of benzene rings is 1. The van der Waals surface area contributed by atoms with Gasteiger partial charge in [0.2, 0.25) is 0 Å². The van der Waals surface area contributed by atoms with Crippen LogP contribution in [0.4, 0.5) is 0 Å². The first-order chi connectivity index (χ1) is 12.2. The Labute approximate surface area is 148 Å². The third kappa shape index (κ3) is 1.94. The SMILES string of the molecule is C/C=C1/CN2CCCc3c4n(c5ccccc35)[C@H](C(=O)OC)[C@H]1C[C@@H]42. The van der Waals surface area contributed by atoms with Gasteiger partial charge in [0.05, 0.1) is 13.2 Å². The maximum atomic E-state index is 12.8. The molecule has 3 atom stereocenters. The van der Waals surface area contributed by atoms with Crippen LogP contribution in [0.25, 0.3) is 10.9 Å². The molecule has 0 aliphatic carbocycles. The van der Waals surface area contributed by atoms with Crippen molar-refractivity contribution in [3.8, 4) is 0 Å². The normalized spacial score (nSPS) is 29.7. The van der Waals surface area contributed by atoms with Crippen LogP contribution in [0.15, 0.2) is 35.9 Å². The van der Waals surface area contributed by atoms with Gasteiger partial charge in [-0.15, -0.1) is 0 Å². The quantitative estimate of drug-likeness (QED) is 0.589. The first kappa shape index (κ1) is 15.2. The topological polar surface area (TPSA) is 34.5 Å². The smallest absolute Gasteiger partial charge is 0.329 e. The monoisotopic (exact) mass is 336 g/mol. The Balaban J connectivity index is 1.86. The van der Waals surface area contributed by atoms with Crippen molar-refractivity contribution in [2.24, 2.45) is 5.92 Å². The maximum absolute atomic E-state index is 12.8. The summed E-state index contributed by atoms with van der Waals surface area (Å²) in [7, 11) is 1.52. The molecule has 1 aromatic heterocycles. The second-order valence-corrected chi connectivity index (χ2v) is 7.51. The molecule has 3 aliphatic heterocycles. The van der Waals surface area contributed by atoms with Gasteiger partial charge in [-0.25, -0.2) is 4.79 Å². The van der Waals surface area contributed by atoms with Crippen LogP contribution in [0, 0.1) is 5.92 Å². The van der Waals surface area contributed by atoms with Gasteiger partial charge in [0.15, 0.2) is 0 Å². The van der Waals surface area contributed by atoms with Crippen LogP contribution in [-0.2, 0) is 16.0 Å². The Hall–Kier alpha value is -2.07. The minimum absolute atomic E-state index is 0.107. The van der Waals surface area contributed by atoms with Crippen molar-refractivity contribution in [2.45, 2.75) is 38.3 Å². The molecule has 1 aromatic carbocycles. The number of esters is 1. The Bertz CT molecular complexity index is 895. The molecule has 0 saturated carbocycles. The fourth-order valence-corrected chi connectivity index (χ4v) is 5.46. The fraction of sp³-hybridized carbons (Fsp3) is 0.476. The molecule has 25 heavy (non-hydrogen) atoms. The van der Waals surface area contributed by atoms with E-state index < -0.39 is 0 Å². The molecule has 2 bridgehead atoms. The lowest BCUT2D eigenvalue weighted by Gasteiger charge is -2.47. The minimum Gasteiger partial charge on any atom is -0.467 e. The van der Waals surface area contributed by atoms with Crippen LogP contribution in [0.5, 0.6) is 0 Å². The highest BCUT2D eigenvalue weighted by Crippen LogP contribution is 2.52. The van der Waals surface area contributed by atoms with Crippen molar-refractivity contribution < 1.29 is 9.53 Å². The first-order valence-corrected chi connectivity index (χ1v) is 9.33. The Morgan fingerprint density at radius 3 is 2.96 bits per heavy atom. The molecule has 0 spiro atoms. The van der Waals surface area contributed by atoms with Crippen LogP contribution in [0.2, 0.25) is 0 Å². The average Bonchev–Trinajstić information content (AvgIpc) is 2.84. The highest BCUT2D eigenvalue weighted by molar-refractivity contribution is 5.89. The number of nitrogens with zero attached hydrogens (tertiary/aromatic N) is 2. The van der Waals surface area contributed by atoms with Gasteiger partial charge in [-0.1, -0.05) is 29.8 Å². The van der Waals surface area contributed by atoms with Crippen molar-refractivity contribution in [3.63, 3.8) is 0 Å². The summed E-state index contributed by atoms with van der Waals surface area (Å²) < 4.78 is 7.59. The number of carbonyl (C=O) groups excluding carboxylic acids is 1. The van der Waals surface area contributed by atoms with Gasteiger partial charge in [0, 0.05) is 29.1 Å². The highest BCUT2D eigenvalue weighted by atomic mass is 16.5. The summed E-state index contributed by atoms with van der Waals surface area (Å²) in [6.07, 6.45) is 5.53. The molecule has 1 fully saturated rings. The lowest BCUT2D eigenvalue weighted by Crippen LogP contribution is -2.47. The van der Waals surface area contributed by atoms with Gasteiger partial charge in [-0.05, 0) is 44.4 Å². The Morgan fingerprint density at radius 1 is 1.32 bits per heavy atom. The number of methoxy groups -OCH3 is 1. The van der Waals surface area contributed by atoms with Gasteiger partial charge in [0.25, 0.3) is 0 Å². The summed E-state index contributed by atoms with van der Waals surface area (Å²) in [5.74, 6) is 0.136. The van der Waals surface area contributed by atoms with Gasteiger partial charge in [0.1, 0.15) is 6.04 Å². The van der Waals surface area contributed by atoms with Gasteiger partial charge in [-0.2, -0.15) is 0 Å². The zero-order valence-electron chi connectivity index (χ0n) is 14.9. The number of rotatable bonds is 1. The van der Waals surface area contributed by atoms with Gasteiger partial charge in [-0.3, -0.25) is 4.90 Å². The number of hydrogen-bond donors (Lipinski definition) is 0. The maximum Gasteiger partial charge on any atom is 0.329 e. The van der Waals surface area contributed by atoms with E-state index in [1.165, 1.54) is 41.3 Å². The largest absolute Gasteiger partial charge is 0.467 e. The zero-order valence-corrected chi connectivity index (χ0v) is 14.9. The third-order valence-corrected chi connectivity index (χ3v) is 6.50. The minimum atomic E-state index is -0.235. The molecule has 4 nitrogen and oxygen atoms in total. The second kappa shape index (κ2) is 5.46. The highest BCUT2D eigenvalue weighted by Gasteiger charge is 2.48. The molecule has 5 rings (SSSR count). The fourth-order valence-electron chi connectivity index (χ4n) is 5.46. The molecule has 0 amide bonds. The van der Waals surface area contributed by atoms with E-state index in [9.17, 15) is 4.79 Å². The number of hydrogen-bond acceptors (Lipinski definition) is 3. The van der Waals surface area contributed by atoms with Crippen molar-refractivity contribution in [3.05, 3.63) is 47.2 Å². The number of piperidine rings is 1. The second-order valence-electron chi connectivity index (χ2n) is 7.51. The molecule has 0 N–H and O–H groups in total. The Morgan fingerprint density at radius 2 is 2.16 bits per heavy atom. The standard InChI is InChI=1S/C21H24N2O2/c1-3-13-12-22-10-6-8-15-14-7-4-5-9-17(14)23-19(15)18(22)11-16(13)20(23)21(24)25-2/h3-5,7,9,16,18,20H,6,8,10-12H2,1-2H3/b13-3-/t16-,18-,20-/m0/s1. The summed E-state index contributed by atoms with van der Waals surface area (Å²) in [6.45, 7) is 4.23. The predicted molar refractivity (Wildman–Crippen MR) is 97.5 cm³/mol. The van der Waals surface area contributed by atoms with Crippen molar-refractivity contribution >= 4 is 16.9 Å². The number of carbonyl (C=O) groups is 1. The molecule has 130 valence electrons. The number of fused-ring (bicyclic) bond motifs is 4. The lowest BCUT2D eigenvalue weighted by atomic mass is 9.77. The Kier molecular flexibility index (Phi) is 3.32. The zero-order chi connectivity index (χ0) is 17.1. The molecule has 4 heteroatoms. The van der Waals surface area contributed by atoms with Gasteiger partial charge >= 0.3 is 5.97 Å². The van der Waals surface area contributed by atoms with Crippen LogP contribution >= 0.6 is 0 Å². The van der Waals surface area contributed by atoms with E-state index in [4.69, 9.17) is 4.74 Å². The van der Waals surface area contributed by atoms with E-state index in [2.05, 4.69) is 46.7 Å². The summed E-state index contributed by atoms with van der Waals surface area (Å²) >= 11 is 0. The first-order valence-electron chi connectivity index (χ1n) is 9.33. The lowest BCUT2D eigenvalue weighted by molar-refractivity contribution is -0.147. The van der Waals surface area contributed by atoms with Crippen LogP contribution < -0.4 is 0 Å². The van der Waals surface area contributed by atoms with Crippen LogP contribution in [0.1, 0.15) is 43.1 Å². The van der Waals surface area contributed by atoms with Gasteiger partial charge < -0.3 is 9.30 Å². The van der Waals surface area contributed by atoms with E-state index in [0.29, 0.717) is 6.04 Å². The molecule has 0 radical (unpaired) electrons. The number of aromatic nitrogens is 1. The van der Waals surface area contributed by atoms with E-state index in [1.54, 1.807) is 0 Å². The van der Waals surface area contributed by atoms with E-state index >= 15 is 0 Å². The molecule has 2 aromatic rings. The van der Waals surface area contributed by atoms with Crippen LogP contribution in [0.3, 0.4) is 0 Å². The summed E-state index contributed by atoms with van der Waals surface area (Å²) in [6, 6.07) is 8.78. The molecular weight excluding hydrogens is 312 g/mol. The molecular formula is C21H24N2O2. The van der Waals surface area contributed by atoms with E-state index in [1.807, 2.05) is 0 Å². The van der Waals surface area contributed by atoms with E-state index in [-0.39, 0.29) is 17.9 Å².